The van der Waals surface area contributed by atoms with Gasteiger partial charge in [0.25, 0.3) is 11.8 Å². The molecule has 144 valence electrons. The summed E-state index contributed by atoms with van der Waals surface area (Å²) in [4.78, 5) is 29.2. The van der Waals surface area contributed by atoms with Crippen LogP contribution in [0.4, 0.5) is 5.69 Å². The van der Waals surface area contributed by atoms with Crippen LogP contribution in [0, 0.1) is 0 Å². The molecule has 1 saturated heterocycles. The van der Waals surface area contributed by atoms with E-state index in [1.54, 1.807) is 16.1 Å². The zero-order chi connectivity index (χ0) is 20.3. The lowest BCUT2D eigenvalue weighted by Gasteiger charge is -2.25. The van der Waals surface area contributed by atoms with Gasteiger partial charge in [-0.2, -0.15) is 0 Å². The molecule has 2 aromatic carbocycles. The smallest absolute Gasteiger partial charge is 0.267 e. The second-order valence-electron chi connectivity index (χ2n) is 7.19. The number of aliphatic imine (C=N–C) groups is 1. The first-order valence-corrected chi connectivity index (χ1v) is 9.41. The highest BCUT2D eigenvalue weighted by Gasteiger charge is 2.40. The molecule has 1 unspecified atom stereocenters. The van der Waals surface area contributed by atoms with Gasteiger partial charge in [-0.3, -0.25) is 9.59 Å². The molecule has 3 rings (SSSR count). The minimum Gasteiger partial charge on any atom is -0.267 e. The van der Waals surface area contributed by atoms with E-state index in [0.29, 0.717) is 5.92 Å². The second-order valence-corrected chi connectivity index (χ2v) is 7.19. The maximum absolute atomic E-state index is 12.8. The molecular weight excluding hydrogens is 350 g/mol. The van der Waals surface area contributed by atoms with E-state index in [1.807, 2.05) is 56.4 Å². The van der Waals surface area contributed by atoms with Gasteiger partial charge in [0.2, 0.25) is 0 Å². The first kappa shape index (κ1) is 19.7. The van der Waals surface area contributed by atoms with Gasteiger partial charge >= 0.3 is 0 Å². The third kappa shape index (κ3) is 4.10. The van der Waals surface area contributed by atoms with Gasteiger partial charge in [-0.25, -0.2) is 15.0 Å². The number of para-hydroxylation sites is 1. The van der Waals surface area contributed by atoms with Crippen LogP contribution in [0.1, 0.15) is 37.8 Å². The van der Waals surface area contributed by atoms with Crippen molar-refractivity contribution in [2.45, 2.75) is 32.7 Å². The Bertz CT molecular complexity index is 915. The third-order valence-electron chi connectivity index (χ3n) is 4.94. The van der Waals surface area contributed by atoms with E-state index in [4.69, 9.17) is 0 Å². The van der Waals surface area contributed by atoms with E-state index in [0.717, 1.165) is 11.3 Å². The molecule has 28 heavy (non-hydrogen) atoms. The van der Waals surface area contributed by atoms with Crippen LogP contribution in [0.3, 0.4) is 0 Å². The molecular formula is C23H25N3O2. The minimum absolute atomic E-state index is 0.246. The van der Waals surface area contributed by atoms with Crippen molar-refractivity contribution in [3.8, 4) is 0 Å². The molecule has 0 saturated carbocycles. The molecule has 5 nitrogen and oxygen atoms in total. The maximum Gasteiger partial charge on any atom is 0.289 e. The molecule has 0 spiro atoms. The normalized spacial score (nSPS) is 19.3. The fourth-order valence-corrected chi connectivity index (χ4v) is 3.11. The summed E-state index contributed by atoms with van der Waals surface area (Å²) < 4.78 is 0. The molecule has 1 heterocycles. The Morgan fingerprint density at radius 2 is 1.71 bits per heavy atom. The fourth-order valence-electron chi connectivity index (χ4n) is 3.11. The van der Waals surface area contributed by atoms with Crippen molar-refractivity contribution in [2.75, 3.05) is 12.1 Å². The second kappa shape index (κ2) is 8.31. The van der Waals surface area contributed by atoms with E-state index in [9.17, 15) is 9.59 Å². The van der Waals surface area contributed by atoms with Gasteiger partial charge in [0.1, 0.15) is 5.71 Å². The molecule has 1 aliphatic heterocycles. The predicted octanol–water partition coefficient (Wildman–Crippen LogP) is 4.07. The summed E-state index contributed by atoms with van der Waals surface area (Å²) in [6.45, 7) is 6.14. The van der Waals surface area contributed by atoms with Crippen LogP contribution in [0.15, 0.2) is 65.7 Å². The number of hydrogen-bond acceptors (Lipinski definition) is 3. The summed E-state index contributed by atoms with van der Waals surface area (Å²) in [5.41, 5.74) is 3.17. The predicted molar refractivity (Wildman–Crippen MR) is 113 cm³/mol. The van der Waals surface area contributed by atoms with Crippen molar-refractivity contribution in [2.24, 2.45) is 4.99 Å². The molecule has 0 aromatic heterocycles. The van der Waals surface area contributed by atoms with E-state index >= 15 is 0 Å². The summed E-state index contributed by atoms with van der Waals surface area (Å²) in [7, 11) is 1.81. The summed E-state index contributed by atoms with van der Waals surface area (Å²) >= 11 is 0. The lowest BCUT2D eigenvalue weighted by Crippen LogP contribution is -2.38. The number of benzene rings is 2. The van der Waals surface area contributed by atoms with Gasteiger partial charge < -0.3 is 0 Å². The average molecular weight is 375 g/mol. The molecule has 2 aromatic rings. The number of hydrazine groups is 1. The van der Waals surface area contributed by atoms with Crippen LogP contribution in [0.25, 0.3) is 6.08 Å². The van der Waals surface area contributed by atoms with Crippen LogP contribution in [-0.4, -0.2) is 35.6 Å². The number of carbonyl (C=O) groups excluding carboxylic acids is 2. The van der Waals surface area contributed by atoms with Crippen LogP contribution >= 0.6 is 0 Å². The summed E-state index contributed by atoms with van der Waals surface area (Å²) in [6.07, 6.45) is 3.13. The monoisotopic (exact) mass is 375 g/mol. The number of nitrogens with zero attached hydrogens (tertiary/aromatic N) is 3. The highest BCUT2D eigenvalue weighted by Crippen LogP contribution is 2.24. The lowest BCUT2D eigenvalue weighted by molar-refractivity contribution is -0.115. The van der Waals surface area contributed by atoms with Gasteiger partial charge in [-0.1, -0.05) is 56.3 Å². The van der Waals surface area contributed by atoms with Crippen LogP contribution in [-0.2, 0) is 9.59 Å². The molecule has 1 aliphatic rings. The summed E-state index contributed by atoms with van der Waals surface area (Å²) in [6, 6.07) is 17.1. The number of anilines is 1. The molecule has 2 amide bonds. The lowest BCUT2D eigenvalue weighted by atomic mass is 10.0. The average Bonchev–Trinajstić information content (AvgIpc) is 2.90. The number of carbonyl (C=O) groups is 2. The minimum atomic E-state index is -0.438. The van der Waals surface area contributed by atoms with Crippen LogP contribution in [0.5, 0.6) is 0 Å². The van der Waals surface area contributed by atoms with E-state index in [1.165, 1.54) is 11.6 Å². The zero-order valence-electron chi connectivity index (χ0n) is 16.7. The molecule has 0 bridgehead atoms. The van der Waals surface area contributed by atoms with Gasteiger partial charge in [0.05, 0.1) is 11.7 Å². The summed E-state index contributed by atoms with van der Waals surface area (Å²) in [5, 5.41) is 3.34. The SMILES string of the molecule is CC(C)c1ccc(/C=C/C(=O)N=C2C(=O)N(c3ccccc3)N(C)C2C)cc1. The number of hydrogen-bond donors (Lipinski definition) is 0. The van der Waals surface area contributed by atoms with Crippen molar-refractivity contribution < 1.29 is 9.59 Å². The fraction of sp³-hybridized carbons (Fsp3) is 0.261. The van der Waals surface area contributed by atoms with Gasteiger partial charge in [0.15, 0.2) is 0 Å². The molecule has 1 atom stereocenters. The van der Waals surface area contributed by atoms with E-state index in [-0.39, 0.29) is 17.7 Å². The van der Waals surface area contributed by atoms with Crippen molar-refractivity contribution in [3.05, 3.63) is 71.8 Å². The molecule has 5 heteroatoms. The van der Waals surface area contributed by atoms with Crippen LogP contribution < -0.4 is 5.01 Å². The largest absolute Gasteiger partial charge is 0.289 e. The Kier molecular flexibility index (Phi) is 5.85. The molecule has 0 radical (unpaired) electrons. The van der Waals surface area contributed by atoms with Crippen molar-refractivity contribution in [1.29, 1.82) is 0 Å². The highest BCUT2D eigenvalue weighted by molar-refractivity contribution is 6.48. The molecule has 0 aliphatic carbocycles. The van der Waals surface area contributed by atoms with Gasteiger partial charge in [-0.05, 0) is 42.2 Å². The van der Waals surface area contributed by atoms with E-state index in [2.05, 4.69) is 31.0 Å². The summed E-state index contributed by atoms with van der Waals surface area (Å²) in [5.74, 6) is -0.249. The van der Waals surface area contributed by atoms with Crippen molar-refractivity contribution in [3.63, 3.8) is 0 Å². The van der Waals surface area contributed by atoms with E-state index < -0.39 is 5.91 Å². The zero-order valence-corrected chi connectivity index (χ0v) is 16.7. The molecule has 1 fully saturated rings. The Balaban J connectivity index is 1.76. The highest BCUT2D eigenvalue weighted by atomic mass is 16.2. The molecule has 0 N–H and O–H groups in total. The Morgan fingerprint density at radius 1 is 1.07 bits per heavy atom. The Hall–Kier alpha value is -3.05. The topological polar surface area (TPSA) is 53.0 Å². The van der Waals surface area contributed by atoms with Gasteiger partial charge in [-0.15, -0.1) is 0 Å². The number of amides is 2. The maximum atomic E-state index is 12.8. The van der Waals surface area contributed by atoms with Crippen molar-refractivity contribution >= 4 is 29.3 Å². The standard InChI is InChI=1S/C23H25N3O2/c1-16(2)19-13-10-18(11-14-19)12-15-21(27)24-22-17(3)25(4)26(23(22)28)20-8-6-5-7-9-20/h5-17H,1-4H3/b15-12+,24-22?. The van der Waals surface area contributed by atoms with Crippen LogP contribution in [0.2, 0.25) is 0 Å². The first-order chi connectivity index (χ1) is 13.4. The Labute approximate surface area is 166 Å². The number of rotatable bonds is 4. The van der Waals surface area contributed by atoms with Gasteiger partial charge in [0, 0.05) is 13.1 Å². The van der Waals surface area contributed by atoms with Crippen molar-refractivity contribution in [1.82, 2.24) is 5.01 Å². The Morgan fingerprint density at radius 3 is 2.32 bits per heavy atom. The third-order valence-corrected chi connectivity index (χ3v) is 4.94. The first-order valence-electron chi connectivity index (χ1n) is 9.41. The quantitative estimate of drug-likeness (QED) is 0.757.